The average Bonchev–Trinajstić information content (AvgIpc) is 2.62. The first-order chi connectivity index (χ1) is 11.8. The molecule has 1 aliphatic rings. The number of fused-ring (bicyclic) bond motifs is 1. The maximum atomic E-state index is 2.44. The summed E-state index contributed by atoms with van der Waals surface area (Å²) in [4.78, 5) is 0. The monoisotopic (exact) mass is 318 g/mol. The fraction of sp³-hybridized carbons (Fsp3) is 0.417. The van der Waals surface area contributed by atoms with E-state index in [4.69, 9.17) is 0 Å². The summed E-state index contributed by atoms with van der Waals surface area (Å²) >= 11 is 0. The third kappa shape index (κ3) is 4.17. The fourth-order valence-corrected chi connectivity index (χ4v) is 3.91. The van der Waals surface area contributed by atoms with Crippen molar-refractivity contribution in [2.24, 2.45) is 5.92 Å². The molecule has 1 unspecified atom stereocenters. The van der Waals surface area contributed by atoms with Crippen molar-refractivity contribution in [2.75, 3.05) is 0 Å². The first-order valence-corrected chi connectivity index (χ1v) is 9.62. The van der Waals surface area contributed by atoms with Crippen molar-refractivity contribution in [2.45, 2.75) is 58.8 Å². The Morgan fingerprint density at radius 2 is 1.79 bits per heavy atom. The molecular weight excluding hydrogens is 288 g/mol. The summed E-state index contributed by atoms with van der Waals surface area (Å²) in [5.41, 5.74) is 7.34. The van der Waals surface area contributed by atoms with Crippen LogP contribution < -0.4 is 0 Å². The number of aryl methyl sites for hydroxylation is 2. The summed E-state index contributed by atoms with van der Waals surface area (Å²) < 4.78 is 0. The molecule has 0 spiro atoms. The molecule has 3 rings (SSSR count). The van der Waals surface area contributed by atoms with Crippen molar-refractivity contribution >= 4 is 0 Å². The van der Waals surface area contributed by atoms with Crippen LogP contribution in [0.3, 0.4) is 0 Å². The highest BCUT2D eigenvalue weighted by Gasteiger charge is 2.18. The van der Waals surface area contributed by atoms with Gasteiger partial charge in [0.2, 0.25) is 0 Å². The molecule has 0 saturated heterocycles. The standard InChI is InChI=1S/C24H30/c1-3-5-6-8-20-11-14-24-18-23(16-15-22(24)17-20)21-12-9-19(7-4-2)10-13-21/h3,5,9-10,12-13,15-16,18,20H,4,6-8,11,14,17H2,1-2H3/b5-3+. The number of hydrogen-bond acceptors (Lipinski definition) is 0. The van der Waals surface area contributed by atoms with Gasteiger partial charge in [0.25, 0.3) is 0 Å². The molecule has 126 valence electrons. The molecule has 0 aliphatic heterocycles. The van der Waals surface area contributed by atoms with Crippen LogP contribution in [0.5, 0.6) is 0 Å². The number of hydrogen-bond donors (Lipinski definition) is 0. The maximum absolute atomic E-state index is 2.44. The Morgan fingerprint density at radius 1 is 1.00 bits per heavy atom. The Hall–Kier alpha value is -1.82. The average molecular weight is 319 g/mol. The summed E-state index contributed by atoms with van der Waals surface area (Å²) in [5.74, 6) is 0.868. The van der Waals surface area contributed by atoms with E-state index >= 15 is 0 Å². The normalized spacial score (nSPS) is 17.2. The predicted molar refractivity (Wildman–Crippen MR) is 105 cm³/mol. The largest absolute Gasteiger partial charge is 0.0917 e. The second-order valence-corrected chi connectivity index (χ2v) is 7.19. The zero-order valence-electron chi connectivity index (χ0n) is 15.2. The lowest BCUT2D eigenvalue weighted by molar-refractivity contribution is 0.430. The van der Waals surface area contributed by atoms with Gasteiger partial charge in [0.1, 0.15) is 0 Å². The Balaban J connectivity index is 1.71. The Kier molecular flexibility index (Phi) is 5.91. The van der Waals surface area contributed by atoms with Crippen LogP contribution in [0.25, 0.3) is 11.1 Å². The molecule has 1 atom stereocenters. The van der Waals surface area contributed by atoms with Crippen molar-refractivity contribution in [3.63, 3.8) is 0 Å². The molecule has 0 N–H and O–H groups in total. The molecule has 2 aromatic carbocycles. The third-order valence-electron chi connectivity index (χ3n) is 5.34. The van der Waals surface area contributed by atoms with Crippen molar-refractivity contribution in [3.8, 4) is 11.1 Å². The molecule has 0 heterocycles. The first kappa shape index (κ1) is 17.0. The molecular formula is C24H30. The molecule has 24 heavy (non-hydrogen) atoms. The van der Waals surface area contributed by atoms with Gasteiger partial charge in [-0.2, -0.15) is 0 Å². The van der Waals surface area contributed by atoms with Gasteiger partial charge in [-0.05, 0) is 79.2 Å². The summed E-state index contributed by atoms with van der Waals surface area (Å²) in [6, 6.07) is 16.3. The summed E-state index contributed by atoms with van der Waals surface area (Å²) in [6.45, 7) is 4.36. The number of allylic oxidation sites excluding steroid dienone is 2. The molecule has 2 aromatic rings. The molecule has 0 saturated carbocycles. The van der Waals surface area contributed by atoms with Crippen molar-refractivity contribution in [1.29, 1.82) is 0 Å². The molecule has 0 amide bonds. The van der Waals surface area contributed by atoms with Crippen LogP contribution >= 0.6 is 0 Å². The van der Waals surface area contributed by atoms with Gasteiger partial charge in [-0.15, -0.1) is 0 Å². The van der Waals surface area contributed by atoms with E-state index in [0.717, 1.165) is 5.92 Å². The summed E-state index contributed by atoms with van der Waals surface area (Å²) in [6.07, 6.45) is 13.3. The SMILES string of the molecule is C/C=C/CCC1CCc2cc(-c3ccc(CCC)cc3)ccc2C1. The summed E-state index contributed by atoms with van der Waals surface area (Å²) in [7, 11) is 0. The van der Waals surface area contributed by atoms with E-state index in [1.165, 1.54) is 61.6 Å². The van der Waals surface area contributed by atoms with Gasteiger partial charge in [0.15, 0.2) is 0 Å². The van der Waals surface area contributed by atoms with Gasteiger partial charge in [0, 0.05) is 0 Å². The number of rotatable bonds is 6. The fourth-order valence-electron chi connectivity index (χ4n) is 3.91. The molecule has 0 aromatic heterocycles. The van der Waals surface area contributed by atoms with E-state index in [2.05, 4.69) is 68.5 Å². The van der Waals surface area contributed by atoms with Gasteiger partial charge < -0.3 is 0 Å². The molecule has 0 nitrogen and oxygen atoms in total. The smallest absolute Gasteiger partial charge is 0.0181 e. The summed E-state index contributed by atoms with van der Waals surface area (Å²) in [5, 5.41) is 0. The minimum Gasteiger partial charge on any atom is -0.0917 e. The van der Waals surface area contributed by atoms with E-state index < -0.39 is 0 Å². The Bertz CT molecular complexity index is 676. The predicted octanol–water partition coefficient (Wildman–Crippen LogP) is 6.77. The van der Waals surface area contributed by atoms with Crippen LogP contribution in [0.2, 0.25) is 0 Å². The molecule has 1 aliphatic carbocycles. The van der Waals surface area contributed by atoms with Gasteiger partial charge >= 0.3 is 0 Å². The van der Waals surface area contributed by atoms with E-state index in [1.54, 1.807) is 11.1 Å². The minimum atomic E-state index is 0.868. The highest BCUT2D eigenvalue weighted by atomic mass is 14.2. The Morgan fingerprint density at radius 3 is 2.54 bits per heavy atom. The molecule has 0 heteroatoms. The van der Waals surface area contributed by atoms with Crippen LogP contribution in [0.4, 0.5) is 0 Å². The zero-order valence-corrected chi connectivity index (χ0v) is 15.2. The maximum Gasteiger partial charge on any atom is -0.0181 e. The van der Waals surface area contributed by atoms with Crippen molar-refractivity contribution < 1.29 is 0 Å². The van der Waals surface area contributed by atoms with Crippen LogP contribution in [-0.4, -0.2) is 0 Å². The minimum absolute atomic E-state index is 0.868. The van der Waals surface area contributed by atoms with Gasteiger partial charge in [-0.25, -0.2) is 0 Å². The highest BCUT2D eigenvalue weighted by molar-refractivity contribution is 5.65. The second-order valence-electron chi connectivity index (χ2n) is 7.19. The van der Waals surface area contributed by atoms with Crippen LogP contribution in [0, 0.1) is 5.92 Å². The molecule has 0 radical (unpaired) electrons. The van der Waals surface area contributed by atoms with Gasteiger partial charge in [-0.3, -0.25) is 0 Å². The highest BCUT2D eigenvalue weighted by Crippen LogP contribution is 2.32. The van der Waals surface area contributed by atoms with E-state index in [0.29, 0.717) is 0 Å². The van der Waals surface area contributed by atoms with E-state index in [9.17, 15) is 0 Å². The lowest BCUT2D eigenvalue weighted by Crippen LogP contribution is -2.14. The van der Waals surface area contributed by atoms with Crippen LogP contribution in [0.1, 0.15) is 56.2 Å². The molecule has 0 bridgehead atoms. The van der Waals surface area contributed by atoms with E-state index in [1.807, 2.05) is 0 Å². The van der Waals surface area contributed by atoms with E-state index in [-0.39, 0.29) is 0 Å². The van der Waals surface area contributed by atoms with Crippen LogP contribution in [-0.2, 0) is 19.3 Å². The second kappa shape index (κ2) is 8.33. The quantitative estimate of drug-likeness (QED) is 0.516. The van der Waals surface area contributed by atoms with Gasteiger partial charge in [-0.1, -0.05) is 68.0 Å². The first-order valence-electron chi connectivity index (χ1n) is 9.62. The lowest BCUT2D eigenvalue weighted by Gasteiger charge is -2.25. The topological polar surface area (TPSA) is 0 Å². The Labute approximate surface area is 147 Å². The number of benzene rings is 2. The third-order valence-corrected chi connectivity index (χ3v) is 5.34. The zero-order chi connectivity index (χ0) is 16.8. The lowest BCUT2D eigenvalue weighted by atomic mass is 9.80. The molecule has 0 fully saturated rings. The van der Waals surface area contributed by atoms with Gasteiger partial charge in [0.05, 0.1) is 0 Å². The van der Waals surface area contributed by atoms with Crippen LogP contribution in [0.15, 0.2) is 54.6 Å². The van der Waals surface area contributed by atoms with Crippen molar-refractivity contribution in [3.05, 3.63) is 71.3 Å². The van der Waals surface area contributed by atoms with Crippen molar-refractivity contribution in [1.82, 2.24) is 0 Å².